The Balaban J connectivity index is 1.82. The summed E-state index contributed by atoms with van der Waals surface area (Å²) in [5.41, 5.74) is 0.710. The van der Waals surface area contributed by atoms with Crippen molar-refractivity contribution in [3.05, 3.63) is 21.0 Å². The van der Waals surface area contributed by atoms with E-state index in [9.17, 15) is 4.79 Å². The zero-order chi connectivity index (χ0) is 14.4. The fourth-order valence-electron chi connectivity index (χ4n) is 1.91. The van der Waals surface area contributed by atoms with Crippen molar-refractivity contribution in [2.24, 2.45) is 5.92 Å². The number of ether oxygens (including phenoxy) is 1. The molecule has 0 unspecified atom stereocenters. The van der Waals surface area contributed by atoms with Crippen LogP contribution in [0.15, 0.2) is 15.5 Å². The van der Waals surface area contributed by atoms with E-state index in [1.165, 1.54) is 12.8 Å². The lowest BCUT2D eigenvalue weighted by Crippen LogP contribution is -2.25. The molecule has 1 N–H and O–H groups in total. The van der Waals surface area contributed by atoms with E-state index < -0.39 is 0 Å². The van der Waals surface area contributed by atoms with Crippen LogP contribution in [0.5, 0.6) is 0 Å². The molecule has 1 aromatic heterocycles. The van der Waals surface area contributed by atoms with E-state index in [1.807, 2.05) is 0 Å². The third-order valence-electron chi connectivity index (χ3n) is 3.24. The van der Waals surface area contributed by atoms with Gasteiger partial charge in [-0.15, -0.1) is 0 Å². The zero-order valence-corrected chi connectivity index (χ0v) is 13.5. The molecule has 20 heavy (non-hydrogen) atoms. The highest BCUT2D eigenvalue weighted by molar-refractivity contribution is 9.10. The zero-order valence-electron chi connectivity index (χ0n) is 11.9. The fourth-order valence-corrected chi connectivity index (χ4v) is 2.35. The largest absolute Gasteiger partial charge is 0.383 e. The van der Waals surface area contributed by atoms with E-state index in [0.29, 0.717) is 10.4 Å². The SMILES string of the molecule is CCCOCCCNc1cnn(CC2CC2)c(=O)c1Br. The second-order valence-electron chi connectivity index (χ2n) is 5.20. The molecular formula is C14H22BrN3O2. The normalized spacial score (nSPS) is 14.5. The molecule has 0 spiro atoms. The first kappa shape index (κ1) is 15.5. The van der Waals surface area contributed by atoms with Crippen LogP contribution in [0.1, 0.15) is 32.6 Å². The second kappa shape index (κ2) is 7.78. The molecular weight excluding hydrogens is 322 g/mol. The quantitative estimate of drug-likeness (QED) is 0.700. The van der Waals surface area contributed by atoms with Gasteiger partial charge < -0.3 is 10.1 Å². The van der Waals surface area contributed by atoms with Crippen molar-refractivity contribution >= 4 is 21.6 Å². The maximum atomic E-state index is 12.1. The lowest BCUT2D eigenvalue weighted by molar-refractivity contribution is 0.134. The third kappa shape index (κ3) is 4.59. The molecule has 6 heteroatoms. The van der Waals surface area contributed by atoms with Gasteiger partial charge in [0.25, 0.3) is 5.56 Å². The molecule has 0 radical (unpaired) electrons. The van der Waals surface area contributed by atoms with Crippen molar-refractivity contribution in [3.63, 3.8) is 0 Å². The van der Waals surface area contributed by atoms with Crippen LogP contribution in [-0.2, 0) is 11.3 Å². The second-order valence-corrected chi connectivity index (χ2v) is 5.99. The number of halogens is 1. The van der Waals surface area contributed by atoms with Crippen LogP contribution in [0.25, 0.3) is 0 Å². The summed E-state index contributed by atoms with van der Waals surface area (Å²) in [6.45, 7) is 5.16. The van der Waals surface area contributed by atoms with Crippen LogP contribution in [0.4, 0.5) is 5.69 Å². The van der Waals surface area contributed by atoms with E-state index in [1.54, 1.807) is 10.9 Å². The summed E-state index contributed by atoms with van der Waals surface area (Å²) in [6.07, 6.45) is 6.10. The summed E-state index contributed by atoms with van der Waals surface area (Å²) in [6, 6.07) is 0. The summed E-state index contributed by atoms with van der Waals surface area (Å²) in [5, 5.41) is 7.45. The Hall–Kier alpha value is -0.880. The Labute approximate surface area is 127 Å². The summed E-state index contributed by atoms with van der Waals surface area (Å²) in [5.74, 6) is 0.640. The Morgan fingerprint density at radius 2 is 2.30 bits per heavy atom. The average Bonchev–Trinajstić information content (AvgIpc) is 3.25. The van der Waals surface area contributed by atoms with E-state index in [0.717, 1.165) is 44.8 Å². The summed E-state index contributed by atoms with van der Waals surface area (Å²) >= 11 is 3.37. The van der Waals surface area contributed by atoms with Crippen LogP contribution >= 0.6 is 15.9 Å². The maximum absolute atomic E-state index is 12.1. The number of hydrogen-bond donors (Lipinski definition) is 1. The van der Waals surface area contributed by atoms with Gasteiger partial charge in [-0.1, -0.05) is 6.92 Å². The minimum atomic E-state index is -0.0517. The molecule has 1 aliphatic carbocycles. The van der Waals surface area contributed by atoms with Gasteiger partial charge in [0, 0.05) is 26.3 Å². The molecule has 0 amide bonds. The molecule has 0 aromatic carbocycles. The molecule has 1 aliphatic rings. The van der Waals surface area contributed by atoms with Crippen LogP contribution in [0.3, 0.4) is 0 Å². The molecule has 2 rings (SSSR count). The van der Waals surface area contributed by atoms with Gasteiger partial charge in [0.1, 0.15) is 4.47 Å². The first-order valence-corrected chi connectivity index (χ1v) is 8.09. The minimum absolute atomic E-state index is 0.0517. The van der Waals surface area contributed by atoms with Gasteiger partial charge in [-0.05, 0) is 47.5 Å². The van der Waals surface area contributed by atoms with Crippen molar-refractivity contribution in [2.45, 2.75) is 39.2 Å². The highest BCUT2D eigenvalue weighted by Crippen LogP contribution is 2.30. The summed E-state index contributed by atoms with van der Waals surface area (Å²) in [4.78, 5) is 12.1. The van der Waals surface area contributed by atoms with E-state index in [2.05, 4.69) is 33.3 Å². The van der Waals surface area contributed by atoms with Crippen molar-refractivity contribution in [2.75, 3.05) is 25.1 Å². The average molecular weight is 344 g/mol. The lowest BCUT2D eigenvalue weighted by Gasteiger charge is -2.10. The van der Waals surface area contributed by atoms with Gasteiger partial charge >= 0.3 is 0 Å². The van der Waals surface area contributed by atoms with Gasteiger partial charge in [0.15, 0.2) is 0 Å². The Kier molecular flexibility index (Phi) is 6.04. The minimum Gasteiger partial charge on any atom is -0.383 e. The van der Waals surface area contributed by atoms with E-state index in [-0.39, 0.29) is 5.56 Å². The number of anilines is 1. The van der Waals surface area contributed by atoms with Gasteiger partial charge in [0.2, 0.25) is 0 Å². The van der Waals surface area contributed by atoms with Gasteiger partial charge in [0.05, 0.1) is 11.9 Å². The van der Waals surface area contributed by atoms with Crippen molar-refractivity contribution in [3.8, 4) is 0 Å². The Morgan fingerprint density at radius 1 is 1.50 bits per heavy atom. The fraction of sp³-hybridized carbons (Fsp3) is 0.714. The topological polar surface area (TPSA) is 56.1 Å². The predicted molar refractivity (Wildman–Crippen MR) is 83.1 cm³/mol. The van der Waals surface area contributed by atoms with Crippen LogP contribution < -0.4 is 10.9 Å². The Bertz CT molecular complexity index is 486. The van der Waals surface area contributed by atoms with Crippen LogP contribution in [0.2, 0.25) is 0 Å². The maximum Gasteiger partial charge on any atom is 0.283 e. The van der Waals surface area contributed by atoms with Gasteiger partial charge in [-0.25, -0.2) is 4.68 Å². The number of nitrogens with one attached hydrogen (secondary N) is 1. The molecule has 0 saturated heterocycles. The van der Waals surface area contributed by atoms with Crippen molar-refractivity contribution in [1.82, 2.24) is 9.78 Å². The third-order valence-corrected chi connectivity index (χ3v) is 4.01. The molecule has 1 heterocycles. The predicted octanol–water partition coefficient (Wildman–Crippen LogP) is 2.64. The van der Waals surface area contributed by atoms with Crippen molar-refractivity contribution in [1.29, 1.82) is 0 Å². The first-order chi connectivity index (χ1) is 9.72. The summed E-state index contributed by atoms with van der Waals surface area (Å²) < 4.78 is 7.54. The number of nitrogens with zero attached hydrogens (tertiary/aromatic N) is 2. The van der Waals surface area contributed by atoms with E-state index in [4.69, 9.17) is 4.74 Å². The molecule has 0 bridgehead atoms. The lowest BCUT2D eigenvalue weighted by atomic mass is 10.4. The van der Waals surface area contributed by atoms with Crippen LogP contribution in [-0.4, -0.2) is 29.5 Å². The number of hydrogen-bond acceptors (Lipinski definition) is 4. The highest BCUT2D eigenvalue weighted by atomic mass is 79.9. The molecule has 5 nitrogen and oxygen atoms in total. The number of rotatable bonds is 9. The van der Waals surface area contributed by atoms with E-state index >= 15 is 0 Å². The Morgan fingerprint density at radius 3 is 3.00 bits per heavy atom. The molecule has 0 atom stereocenters. The smallest absolute Gasteiger partial charge is 0.283 e. The standard InChI is InChI=1S/C14H22BrN3O2/c1-2-7-20-8-3-6-16-12-9-17-18(10-11-4-5-11)14(19)13(12)15/h9,11,16H,2-8,10H2,1H3. The molecule has 112 valence electrons. The highest BCUT2D eigenvalue weighted by Gasteiger charge is 2.23. The number of aromatic nitrogens is 2. The van der Waals surface area contributed by atoms with Gasteiger partial charge in [-0.2, -0.15) is 5.10 Å². The first-order valence-electron chi connectivity index (χ1n) is 7.29. The molecule has 1 saturated carbocycles. The monoisotopic (exact) mass is 343 g/mol. The molecule has 1 fully saturated rings. The summed E-state index contributed by atoms with van der Waals surface area (Å²) in [7, 11) is 0. The van der Waals surface area contributed by atoms with Crippen molar-refractivity contribution < 1.29 is 4.74 Å². The van der Waals surface area contributed by atoms with Gasteiger partial charge in [-0.3, -0.25) is 4.79 Å². The molecule has 1 aromatic rings. The molecule has 0 aliphatic heterocycles. The van der Waals surface area contributed by atoms with Crippen LogP contribution in [0, 0.1) is 5.92 Å².